The number of alkyl halides is 1. The highest BCUT2D eigenvalue weighted by molar-refractivity contribution is 14.1. The molecule has 0 saturated carbocycles. The van der Waals surface area contributed by atoms with Crippen molar-refractivity contribution < 1.29 is 0 Å². The van der Waals surface area contributed by atoms with Crippen LogP contribution in [0.4, 0.5) is 0 Å². The van der Waals surface area contributed by atoms with E-state index in [4.69, 9.17) is 5.73 Å². The molecule has 0 rings (SSSR count). The van der Waals surface area contributed by atoms with Crippen molar-refractivity contribution in [2.75, 3.05) is 7.05 Å². The van der Waals surface area contributed by atoms with Crippen molar-refractivity contribution in [3.8, 4) is 0 Å². The molecule has 0 aliphatic carbocycles. The van der Waals surface area contributed by atoms with E-state index < -0.39 is 0 Å². The molecular weight excluding hydrogens is 335 g/mol. The topological polar surface area (TPSA) is 29.3 Å². The lowest BCUT2D eigenvalue weighted by molar-refractivity contribution is 0.0639. The maximum absolute atomic E-state index is 6.25. The highest BCUT2D eigenvalue weighted by atomic mass is 127. The minimum absolute atomic E-state index is 0.147. The molecule has 0 amide bonds. The van der Waals surface area contributed by atoms with Crippen LogP contribution in [0.2, 0.25) is 0 Å². The minimum Gasteiger partial charge on any atom is -0.325 e. The molecule has 2 atom stereocenters. The predicted molar refractivity (Wildman–Crippen MR) is 91.5 cm³/mol. The predicted octanol–water partition coefficient (Wildman–Crippen LogP) is 4.06. The van der Waals surface area contributed by atoms with Crippen molar-refractivity contribution in [2.45, 2.75) is 82.9 Å². The quantitative estimate of drug-likeness (QED) is 0.586. The van der Waals surface area contributed by atoms with Crippen molar-refractivity contribution in [1.82, 2.24) is 4.90 Å². The maximum atomic E-state index is 6.25. The number of nitrogens with two attached hydrogens (primary N) is 1. The second kappa shape index (κ2) is 5.96. The van der Waals surface area contributed by atoms with E-state index in [9.17, 15) is 0 Å². The first-order chi connectivity index (χ1) is 7.68. The van der Waals surface area contributed by atoms with Gasteiger partial charge in [0.25, 0.3) is 0 Å². The molecule has 0 heterocycles. The van der Waals surface area contributed by atoms with Crippen molar-refractivity contribution in [3.63, 3.8) is 0 Å². The van der Waals surface area contributed by atoms with Gasteiger partial charge in [-0.1, -0.05) is 43.4 Å². The van der Waals surface area contributed by atoms with E-state index in [0.29, 0.717) is 15.4 Å². The fourth-order valence-corrected chi connectivity index (χ4v) is 3.27. The molecule has 0 spiro atoms. The summed E-state index contributed by atoms with van der Waals surface area (Å²) in [6, 6.07) is 0.461. The van der Waals surface area contributed by atoms with Gasteiger partial charge in [-0.25, -0.2) is 0 Å². The van der Waals surface area contributed by atoms with Crippen LogP contribution in [0, 0.1) is 5.41 Å². The Hall–Kier alpha value is 0.650. The van der Waals surface area contributed by atoms with Crippen molar-refractivity contribution in [3.05, 3.63) is 0 Å². The van der Waals surface area contributed by atoms with Crippen LogP contribution in [0.1, 0.15) is 61.8 Å². The summed E-state index contributed by atoms with van der Waals surface area (Å²) in [5.74, 6) is 0. The van der Waals surface area contributed by atoms with Crippen molar-refractivity contribution in [2.24, 2.45) is 11.1 Å². The summed E-state index contributed by atoms with van der Waals surface area (Å²) >= 11 is 2.50. The molecule has 2 N–H and O–H groups in total. The molecule has 0 bridgehead atoms. The van der Waals surface area contributed by atoms with E-state index in [1.54, 1.807) is 0 Å². The molecule has 0 aromatic heterocycles. The van der Waals surface area contributed by atoms with Gasteiger partial charge in [-0.05, 0) is 53.5 Å². The second-order valence-corrected chi connectivity index (χ2v) is 9.47. The first-order valence-electron chi connectivity index (χ1n) is 6.84. The van der Waals surface area contributed by atoms with Crippen LogP contribution >= 0.6 is 22.6 Å². The third-order valence-corrected chi connectivity index (χ3v) is 6.31. The highest BCUT2D eigenvalue weighted by Gasteiger charge is 2.37. The maximum Gasteiger partial charge on any atom is 0.0437 e. The third kappa shape index (κ3) is 5.74. The molecule has 110 valence electrons. The molecule has 0 aliphatic rings. The number of hydrogen-bond acceptors (Lipinski definition) is 2. The van der Waals surface area contributed by atoms with E-state index in [0.717, 1.165) is 0 Å². The lowest BCUT2D eigenvalue weighted by Crippen LogP contribution is -2.57. The van der Waals surface area contributed by atoms with Gasteiger partial charge in [0, 0.05) is 21.0 Å². The van der Waals surface area contributed by atoms with E-state index in [-0.39, 0.29) is 11.1 Å². The van der Waals surface area contributed by atoms with Gasteiger partial charge in [-0.2, -0.15) is 0 Å². The SMILES string of the molecule is CC(C(I)C(C)(C)N)N(C)C(C)(C)CC(C)(C)C. The summed E-state index contributed by atoms with van der Waals surface area (Å²) in [7, 11) is 2.23. The fourth-order valence-electron chi connectivity index (χ4n) is 2.79. The van der Waals surface area contributed by atoms with Crippen molar-refractivity contribution >= 4 is 22.6 Å². The summed E-state index contributed by atoms with van der Waals surface area (Å²) < 4.78 is 0.430. The van der Waals surface area contributed by atoms with Gasteiger partial charge in [0.2, 0.25) is 0 Å². The summed E-state index contributed by atoms with van der Waals surface area (Å²) in [6.07, 6.45) is 1.18. The summed E-state index contributed by atoms with van der Waals surface area (Å²) in [5, 5.41) is 0. The van der Waals surface area contributed by atoms with Gasteiger partial charge in [-0.3, -0.25) is 4.90 Å². The van der Waals surface area contributed by atoms with Gasteiger partial charge in [0.1, 0.15) is 0 Å². The van der Waals surface area contributed by atoms with Crippen LogP contribution in [0.15, 0.2) is 0 Å². The molecule has 2 unspecified atom stereocenters. The Morgan fingerprint density at radius 2 is 1.44 bits per heavy atom. The number of hydrogen-bond donors (Lipinski definition) is 1. The Morgan fingerprint density at radius 3 is 1.72 bits per heavy atom. The zero-order chi connectivity index (χ0) is 14.9. The highest BCUT2D eigenvalue weighted by Crippen LogP contribution is 2.34. The van der Waals surface area contributed by atoms with Gasteiger partial charge < -0.3 is 5.73 Å². The minimum atomic E-state index is -0.147. The lowest BCUT2D eigenvalue weighted by Gasteiger charge is -2.46. The number of rotatable bonds is 5. The normalized spacial score (nSPS) is 18.0. The van der Waals surface area contributed by atoms with Gasteiger partial charge in [0.05, 0.1) is 0 Å². The summed E-state index contributed by atoms with van der Waals surface area (Å²) in [4.78, 5) is 2.49. The molecule has 0 saturated heterocycles. The molecule has 0 aromatic rings. The second-order valence-electron chi connectivity index (χ2n) is 8.12. The van der Waals surface area contributed by atoms with Crippen LogP contribution in [-0.4, -0.2) is 33.0 Å². The zero-order valence-corrected chi connectivity index (χ0v) is 15.9. The molecule has 0 aliphatic heterocycles. The Labute approximate surface area is 128 Å². The molecule has 0 radical (unpaired) electrons. The van der Waals surface area contributed by atoms with E-state index in [1.807, 2.05) is 0 Å². The fraction of sp³-hybridized carbons (Fsp3) is 1.00. The van der Waals surface area contributed by atoms with Gasteiger partial charge >= 0.3 is 0 Å². The Kier molecular flexibility index (Phi) is 6.18. The van der Waals surface area contributed by atoms with Crippen LogP contribution in [0.25, 0.3) is 0 Å². The number of halogens is 1. The molecule has 2 nitrogen and oxygen atoms in total. The third-order valence-electron chi connectivity index (χ3n) is 3.66. The van der Waals surface area contributed by atoms with Crippen LogP contribution < -0.4 is 5.73 Å². The molecule has 18 heavy (non-hydrogen) atoms. The molecular formula is C15H33IN2. The van der Waals surface area contributed by atoms with Crippen LogP contribution in [-0.2, 0) is 0 Å². The summed E-state index contributed by atoms with van der Waals surface area (Å²) in [5.41, 5.74) is 6.64. The molecule has 3 heteroatoms. The van der Waals surface area contributed by atoms with E-state index in [2.05, 4.69) is 89.9 Å². The van der Waals surface area contributed by atoms with E-state index in [1.165, 1.54) is 6.42 Å². The standard InChI is InChI=1S/C15H33IN2/c1-11(12(16)15(7,8)17)18(9)14(5,6)10-13(2,3)4/h11-12H,10,17H2,1-9H3. The smallest absolute Gasteiger partial charge is 0.0437 e. The van der Waals surface area contributed by atoms with Gasteiger partial charge in [0.15, 0.2) is 0 Å². The van der Waals surface area contributed by atoms with Gasteiger partial charge in [-0.15, -0.1) is 0 Å². The van der Waals surface area contributed by atoms with Crippen LogP contribution in [0.5, 0.6) is 0 Å². The van der Waals surface area contributed by atoms with Crippen LogP contribution in [0.3, 0.4) is 0 Å². The largest absolute Gasteiger partial charge is 0.325 e. The van der Waals surface area contributed by atoms with Crippen molar-refractivity contribution in [1.29, 1.82) is 0 Å². The Bertz CT molecular complexity index is 261. The molecule has 0 aromatic carbocycles. The lowest BCUT2D eigenvalue weighted by atomic mass is 9.80. The summed E-state index contributed by atoms with van der Waals surface area (Å²) in [6.45, 7) is 18.1. The average molecular weight is 368 g/mol. The average Bonchev–Trinajstić information content (AvgIpc) is 2.08. The first-order valence-corrected chi connectivity index (χ1v) is 8.09. The Morgan fingerprint density at radius 1 is 1.06 bits per heavy atom. The zero-order valence-electron chi connectivity index (χ0n) is 13.8. The molecule has 0 fully saturated rings. The number of nitrogens with zero attached hydrogens (tertiary/aromatic N) is 1. The Balaban J connectivity index is 4.88. The van der Waals surface area contributed by atoms with E-state index >= 15 is 0 Å². The first kappa shape index (κ1) is 18.7. The monoisotopic (exact) mass is 368 g/mol.